The van der Waals surface area contributed by atoms with Gasteiger partial charge >= 0.3 is 6.09 Å². The number of fused-ring (bicyclic) bond motifs is 1. The minimum Gasteiger partial charge on any atom is -0.465 e. The Morgan fingerprint density at radius 1 is 1.12 bits per heavy atom. The maximum atomic E-state index is 13.5. The molecule has 0 spiro atoms. The molecule has 1 aromatic carbocycles. The van der Waals surface area contributed by atoms with Gasteiger partial charge in [-0.1, -0.05) is 23.7 Å². The van der Waals surface area contributed by atoms with Crippen molar-refractivity contribution in [1.82, 2.24) is 24.4 Å². The first-order valence-electron chi connectivity index (χ1n) is 10.2. The molecule has 0 aliphatic carbocycles. The number of benzene rings is 1. The van der Waals surface area contributed by atoms with E-state index in [2.05, 4.69) is 9.97 Å². The third-order valence-electron chi connectivity index (χ3n) is 5.73. The summed E-state index contributed by atoms with van der Waals surface area (Å²) < 4.78 is 1.30. The van der Waals surface area contributed by atoms with Crippen LogP contribution in [0.1, 0.15) is 6.04 Å². The molecule has 1 aliphatic heterocycles. The summed E-state index contributed by atoms with van der Waals surface area (Å²) in [6, 6.07) is 11.6. The van der Waals surface area contributed by atoms with E-state index < -0.39 is 18.2 Å². The minimum atomic E-state index is -1.15. The Kier molecular flexibility index (Phi) is 5.27. The zero-order valence-corrected chi connectivity index (χ0v) is 17.9. The van der Waals surface area contributed by atoms with Crippen molar-refractivity contribution in [3.8, 4) is 22.5 Å². The van der Waals surface area contributed by atoms with Gasteiger partial charge in [-0.15, -0.1) is 0 Å². The number of nitrogens with zero attached hydrogens (tertiary/aromatic N) is 5. The molecule has 1 amide bonds. The van der Waals surface area contributed by atoms with Gasteiger partial charge in [0.1, 0.15) is 5.52 Å². The topological polar surface area (TPSA) is 121 Å². The highest BCUT2D eigenvalue weighted by Crippen LogP contribution is 2.30. The molecule has 33 heavy (non-hydrogen) atoms. The van der Waals surface area contributed by atoms with E-state index >= 15 is 0 Å². The van der Waals surface area contributed by atoms with Gasteiger partial charge in [-0.2, -0.15) is 0 Å². The molecule has 0 unspecified atom stereocenters. The van der Waals surface area contributed by atoms with Gasteiger partial charge in [-0.05, 0) is 30.3 Å². The highest BCUT2D eigenvalue weighted by Gasteiger charge is 2.36. The number of β-amino-alcohol motifs (C(OH)–C–C–N with tert-alkyl or cyclic N) is 1. The van der Waals surface area contributed by atoms with Crippen LogP contribution in [0.25, 0.3) is 33.4 Å². The van der Waals surface area contributed by atoms with E-state index in [9.17, 15) is 19.8 Å². The molecule has 2 N–H and O–H groups in total. The summed E-state index contributed by atoms with van der Waals surface area (Å²) in [6.07, 6.45) is 2.46. The zero-order chi connectivity index (χ0) is 23.1. The molecule has 2 atom stereocenters. The molecule has 10 heteroatoms. The molecule has 0 saturated carbocycles. The van der Waals surface area contributed by atoms with E-state index in [0.29, 0.717) is 32.9 Å². The van der Waals surface area contributed by atoms with Crippen molar-refractivity contribution < 1.29 is 15.0 Å². The Hall–Kier alpha value is -3.82. The van der Waals surface area contributed by atoms with Gasteiger partial charge in [0.2, 0.25) is 0 Å². The smallest absolute Gasteiger partial charge is 0.407 e. The number of aromatic nitrogens is 4. The summed E-state index contributed by atoms with van der Waals surface area (Å²) in [6.45, 7) is -0.0774. The van der Waals surface area contributed by atoms with E-state index in [4.69, 9.17) is 16.6 Å². The van der Waals surface area contributed by atoms with Crippen LogP contribution in [0.15, 0.2) is 66.0 Å². The normalized spacial score (nSPS) is 18.1. The van der Waals surface area contributed by atoms with Crippen molar-refractivity contribution in [2.75, 3.05) is 13.1 Å². The molecule has 3 aromatic heterocycles. The zero-order valence-electron chi connectivity index (χ0n) is 17.2. The largest absolute Gasteiger partial charge is 0.465 e. The van der Waals surface area contributed by atoms with Crippen LogP contribution < -0.4 is 5.56 Å². The Morgan fingerprint density at radius 2 is 1.91 bits per heavy atom. The van der Waals surface area contributed by atoms with Gasteiger partial charge in [-0.25, -0.2) is 14.8 Å². The van der Waals surface area contributed by atoms with Crippen LogP contribution in [0.5, 0.6) is 0 Å². The molecule has 4 heterocycles. The average molecular weight is 464 g/mol. The van der Waals surface area contributed by atoms with Gasteiger partial charge in [0, 0.05) is 35.1 Å². The third-order valence-corrected chi connectivity index (χ3v) is 5.98. The molecular formula is C23H18ClN5O4. The lowest BCUT2D eigenvalue weighted by atomic mass is 10.1. The lowest BCUT2D eigenvalue weighted by molar-refractivity contribution is 0.132. The molecule has 166 valence electrons. The number of hydrogen-bond acceptors (Lipinski definition) is 6. The predicted molar refractivity (Wildman–Crippen MR) is 122 cm³/mol. The standard InChI is InChI=1S/C23H18ClN5O4/c24-15-5-3-13(4-6-15)17-8-16-21(20(27-17)14-2-1-7-25-9-14)26-12-29(22(16)31)18-10-28(23(32)33)11-19(18)30/h1-9,12,18-19,30H,10-11H2,(H,32,33)/t18-,19-/m1/s1. The van der Waals surface area contributed by atoms with Crippen LogP contribution in [-0.2, 0) is 0 Å². The van der Waals surface area contributed by atoms with Crippen LogP contribution in [0.3, 0.4) is 0 Å². The quantitative estimate of drug-likeness (QED) is 0.478. The Labute approximate surface area is 192 Å². The lowest BCUT2D eigenvalue weighted by Gasteiger charge is -2.18. The van der Waals surface area contributed by atoms with Crippen molar-refractivity contribution in [3.63, 3.8) is 0 Å². The van der Waals surface area contributed by atoms with E-state index in [1.165, 1.54) is 10.9 Å². The van der Waals surface area contributed by atoms with Gasteiger partial charge in [-0.3, -0.25) is 14.3 Å². The summed E-state index contributed by atoms with van der Waals surface area (Å²) in [4.78, 5) is 39.4. The number of rotatable bonds is 3. The molecule has 1 fully saturated rings. The fourth-order valence-electron chi connectivity index (χ4n) is 4.05. The number of amides is 1. The van der Waals surface area contributed by atoms with E-state index in [-0.39, 0.29) is 18.6 Å². The Balaban J connectivity index is 1.72. The molecule has 5 rings (SSSR count). The number of pyridine rings is 2. The summed E-state index contributed by atoms with van der Waals surface area (Å²) in [7, 11) is 0. The van der Waals surface area contributed by atoms with Crippen LogP contribution in [0.2, 0.25) is 5.02 Å². The van der Waals surface area contributed by atoms with Crippen LogP contribution >= 0.6 is 11.6 Å². The molecule has 1 aliphatic rings. The second kappa shape index (κ2) is 8.27. The second-order valence-corrected chi connectivity index (χ2v) is 8.22. The maximum absolute atomic E-state index is 13.5. The van der Waals surface area contributed by atoms with Crippen LogP contribution in [0, 0.1) is 0 Å². The summed E-state index contributed by atoms with van der Waals surface area (Å²) in [5.41, 5.74) is 2.51. The first kappa shape index (κ1) is 21.0. The molecule has 4 aromatic rings. The summed E-state index contributed by atoms with van der Waals surface area (Å²) >= 11 is 6.03. The SMILES string of the molecule is O=C(O)N1C[C@@H](O)[C@H](n2cnc3c(-c4cccnc4)nc(-c4ccc(Cl)cc4)cc3c2=O)C1. The fourth-order valence-corrected chi connectivity index (χ4v) is 4.18. The second-order valence-electron chi connectivity index (χ2n) is 7.78. The summed E-state index contributed by atoms with van der Waals surface area (Å²) in [5.74, 6) is 0. The molecule has 0 bridgehead atoms. The number of aliphatic hydroxyl groups excluding tert-OH is 1. The Bertz CT molecular complexity index is 1410. The maximum Gasteiger partial charge on any atom is 0.407 e. The first-order valence-corrected chi connectivity index (χ1v) is 10.5. The van der Waals surface area contributed by atoms with Gasteiger partial charge < -0.3 is 15.1 Å². The summed E-state index contributed by atoms with van der Waals surface area (Å²) in [5, 5.41) is 20.6. The van der Waals surface area contributed by atoms with Crippen molar-refractivity contribution in [1.29, 1.82) is 0 Å². The van der Waals surface area contributed by atoms with Gasteiger partial charge in [0.05, 0.1) is 41.8 Å². The predicted octanol–water partition coefficient (Wildman–Crippen LogP) is 3.07. The van der Waals surface area contributed by atoms with Crippen molar-refractivity contribution in [3.05, 3.63) is 76.6 Å². The van der Waals surface area contributed by atoms with Crippen LogP contribution in [-0.4, -0.2) is 59.9 Å². The third kappa shape index (κ3) is 3.81. The van der Waals surface area contributed by atoms with E-state index in [1.54, 1.807) is 36.7 Å². The average Bonchev–Trinajstić information content (AvgIpc) is 3.21. The monoisotopic (exact) mass is 463 g/mol. The number of aliphatic hydroxyl groups is 1. The number of hydrogen-bond donors (Lipinski definition) is 2. The number of likely N-dealkylation sites (tertiary alicyclic amines) is 1. The number of carboxylic acid groups (broad SMARTS) is 1. The number of halogens is 1. The van der Waals surface area contributed by atoms with Crippen molar-refractivity contribution in [2.24, 2.45) is 0 Å². The van der Waals surface area contributed by atoms with Crippen LogP contribution in [0.4, 0.5) is 4.79 Å². The van der Waals surface area contributed by atoms with E-state index in [1.807, 2.05) is 18.2 Å². The van der Waals surface area contributed by atoms with E-state index in [0.717, 1.165) is 10.5 Å². The molecular weight excluding hydrogens is 446 g/mol. The Morgan fingerprint density at radius 3 is 2.58 bits per heavy atom. The van der Waals surface area contributed by atoms with Gasteiger partial charge in [0.15, 0.2) is 0 Å². The molecule has 1 saturated heterocycles. The lowest BCUT2D eigenvalue weighted by Crippen LogP contribution is -2.32. The molecule has 9 nitrogen and oxygen atoms in total. The number of carbonyl (C=O) groups is 1. The van der Waals surface area contributed by atoms with Crippen molar-refractivity contribution in [2.45, 2.75) is 12.1 Å². The van der Waals surface area contributed by atoms with Gasteiger partial charge in [0.25, 0.3) is 5.56 Å². The minimum absolute atomic E-state index is 0.00577. The fraction of sp³-hybridized carbons (Fsp3) is 0.174. The highest BCUT2D eigenvalue weighted by molar-refractivity contribution is 6.30. The first-order chi connectivity index (χ1) is 15.9. The molecule has 0 radical (unpaired) electrons. The van der Waals surface area contributed by atoms with Crippen molar-refractivity contribution >= 4 is 28.6 Å². The highest BCUT2D eigenvalue weighted by atomic mass is 35.5.